The fraction of sp³-hybridized carbons (Fsp3) is 0.0476. The van der Waals surface area contributed by atoms with Crippen LogP contribution in [0.25, 0.3) is 32.7 Å². The monoisotopic (exact) mass is 364 g/mol. The first kappa shape index (κ1) is 14.4. The first-order valence-electron chi connectivity index (χ1n) is 7.51. The Labute approximate surface area is 142 Å². The van der Waals surface area contributed by atoms with Crippen molar-refractivity contribution in [2.24, 2.45) is 0 Å². The minimum Gasteiger partial charge on any atom is -0.206 e. The Morgan fingerprint density at radius 3 is 2.35 bits per heavy atom. The summed E-state index contributed by atoms with van der Waals surface area (Å²) < 4.78 is 16.1. The predicted octanol–water partition coefficient (Wildman–Crippen LogP) is 6.87. The SMILES string of the molecule is Cc1ccc2ccccc2c1-c1ccc2ccc(Br)cc2c1F. The molecule has 0 bridgehead atoms. The van der Waals surface area contributed by atoms with E-state index >= 15 is 4.39 Å². The van der Waals surface area contributed by atoms with Gasteiger partial charge in [0.05, 0.1) is 0 Å². The van der Waals surface area contributed by atoms with Crippen LogP contribution in [0.5, 0.6) is 0 Å². The third kappa shape index (κ3) is 2.34. The minimum atomic E-state index is -0.164. The van der Waals surface area contributed by atoms with E-state index in [-0.39, 0.29) is 5.82 Å². The van der Waals surface area contributed by atoms with Gasteiger partial charge in [0.25, 0.3) is 0 Å². The molecule has 2 heteroatoms. The molecule has 0 radical (unpaired) electrons. The molecular formula is C21H14BrF. The van der Waals surface area contributed by atoms with Crippen LogP contribution < -0.4 is 0 Å². The molecule has 0 aliphatic carbocycles. The van der Waals surface area contributed by atoms with Gasteiger partial charge in [-0.25, -0.2) is 4.39 Å². The molecule has 0 amide bonds. The van der Waals surface area contributed by atoms with E-state index in [1.807, 2.05) is 49.4 Å². The quantitative estimate of drug-likeness (QED) is 0.345. The molecule has 112 valence electrons. The smallest absolute Gasteiger partial charge is 0.138 e. The van der Waals surface area contributed by atoms with E-state index in [2.05, 4.69) is 40.2 Å². The Kier molecular flexibility index (Phi) is 3.42. The molecule has 0 heterocycles. The van der Waals surface area contributed by atoms with Crippen molar-refractivity contribution >= 4 is 37.5 Å². The van der Waals surface area contributed by atoms with Crippen LogP contribution in [0.3, 0.4) is 0 Å². The van der Waals surface area contributed by atoms with Crippen LogP contribution in [0, 0.1) is 12.7 Å². The van der Waals surface area contributed by atoms with E-state index in [4.69, 9.17) is 0 Å². The molecule has 0 fully saturated rings. The largest absolute Gasteiger partial charge is 0.206 e. The summed E-state index contributed by atoms with van der Waals surface area (Å²) in [5.74, 6) is -0.164. The standard InChI is InChI=1S/C21H14BrF/c1-13-6-7-14-4-2-3-5-17(14)20(13)18-11-9-15-8-10-16(22)12-19(15)21(18)23/h2-12H,1H3. The maximum absolute atomic E-state index is 15.2. The average Bonchev–Trinajstić information content (AvgIpc) is 2.56. The van der Waals surface area contributed by atoms with Crippen LogP contribution in [-0.2, 0) is 0 Å². The molecule has 0 saturated carbocycles. The summed E-state index contributed by atoms with van der Waals surface area (Å²) >= 11 is 3.43. The fourth-order valence-electron chi connectivity index (χ4n) is 3.19. The first-order valence-corrected chi connectivity index (χ1v) is 8.31. The molecule has 0 spiro atoms. The van der Waals surface area contributed by atoms with Gasteiger partial charge in [0, 0.05) is 15.4 Å². The van der Waals surface area contributed by atoms with Gasteiger partial charge in [-0.05, 0) is 46.3 Å². The molecule has 0 saturated heterocycles. The summed E-state index contributed by atoms with van der Waals surface area (Å²) in [5, 5.41) is 3.76. The second kappa shape index (κ2) is 5.47. The van der Waals surface area contributed by atoms with Crippen molar-refractivity contribution in [3.8, 4) is 11.1 Å². The molecule has 23 heavy (non-hydrogen) atoms. The van der Waals surface area contributed by atoms with Gasteiger partial charge >= 0.3 is 0 Å². The van der Waals surface area contributed by atoms with Gasteiger partial charge in [0.2, 0.25) is 0 Å². The molecule has 0 aliphatic rings. The van der Waals surface area contributed by atoms with Crippen LogP contribution >= 0.6 is 15.9 Å². The highest BCUT2D eigenvalue weighted by Gasteiger charge is 2.14. The predicted molar refractivity (Wildman–Crippen MR) is 99.3 cm³/mol. The highest BCUT2D eigenvalue weighted by molar-refractivity contribution is 9.10. The first-order chi connectivity index (χ1) is 11.1. The Morgan fingerprint density at radius 2 is 1.48 bits per heavy atom. The number of halogens is 2. The van der Waals surface area contributed by atoms with E-state index in [1.54, 1.807) is 0 Å². The van der Waals surface area contributed by atoms with Crippen LogP contribution in [0.1, 0.15) is 5.56 Å². The Hall–Kier alpha value is -2.19. The lowest BCUT2D eigenvalue weighted by Crippen LogP contribution is -1.91. The molecule has 0 unspecified atom stereocenters. The summed E-state index contributed by atoms with van der Waals surface area (Å²) in [7, 11) is 0. The molecule has 4 aromatic carbocycles. The summed E-state index contributed by atoms with van der Waals surface area (Å²) in [6.07, 6.45) is 0. The summed E-state index contributed by atoms with van der Waals surface area (Å²) in [5.41, 5.74) is 2.71. The number of aryl methyl sites for hydroxylation is 1. The zero-order chi connectivity index (χ0) is 16.0. The maximum Gasteiger partial charge on any atom is 0.138 e. The van der Waals surface area contributed by atoms with Gasteiger partial charge in [0.15, 0.2) is 0 Å². The van der Waals surface area contributed by atoms with Crippen molar-refractivity contribution < 1.29 is 4.39 Å². The van der Waals surface area contributed by atoms with E-state index in [0.29, 0.717) is 10.9 Å². The van der Waals surface area contributed by atoms with E-state index in [1.165, 1.54) is 0 Å². The van der Waals surface area contributed by atoms with Crippen molar-refractivity contribution in [2.75, 3.05) is 0 Å². The van der Waals surface area contributed by atoms with Crippen molar-refractivity contribution in [1.82, 2.24) is 0 Å². The van der Waals surface area contributed by atoms with E-state index < -0.39 is 0 Å². The minimum absolute atomic E-state index is 0.164. The second-order valence-electron chi connectivity index (χ2n) is 5.77. The zero-order valence-electron chi connectivity index (χ0n) is 12.6. The fourth-order valence-corrected chi connectivity index (χ4v) is 3.55. The van der Waals surface area contributed by atoms with Gasteiger partial charge in [-0.2, -0.15) is 0 Å². The lowest BCUT2D eigenvalue weighted by Gasteiger charge is -2.13. The molecule has 0 nitrogen and oxygen atoms in total. The highest BCUT2D eigenvalue weighted by atomic mass is 79.9. The zero-order valence-corrected chi connectivity index (χ0v) is 14.2. The van der Waals surface area contributed by atoms with Gasteiger partial charge in [-0.15, -0.1) is 0 Å². The summed E-state index contributed by atoms with van der Waals surface area (Å²) in [4.78, 5) is 0. The van der Waals surface area contributed by atoms with Crippen LogP contribution in [0.2, 0.25) is 0 Å². The Morgan fingerprint density at radius 1 is 0.783 bits per heavy atom. The molecule has 0 aliphatic heterocycles. The van der Waals surface area contributed by atoms with Crippen LogP contribution in [-0.4, -0.2) is 0 Å². The maximum atomic E-state index is 15.2. The number of benzene rings is 4. The molecule has 0 N–H and O–H groups in total. The van der Waals surface area contributed by atoms with E-state index in [9.17, 15) is 0 Å². The number of hydrogen-bond acceptors (Lipinski definition) is 0. The third-order valence-corrected chi connectivity index (χ3v) is 4.82. The summed E-state index contributed by atoms with van der Waals surface area (Å²) in [6.45, 7) is 2.03. The highest BCUT2D eigenvalue weighted by Crippen LogP contribution is 2.36. The molecule has 4 aromatic rings. The van der Waals surface area contributed by atoms with Gasteiger partial charge in [0.1, 0.15) is 5.82 Å². The lowest BCUT2D eigenvalue weighted by molar-refractivity contribution is 0.643. The Balaban J connectivity index is 2.11. The van der Waals surface area contributed by atoms with Crippen molar-refractivity contribution in [1.29, 1.82) is 0 Å². The molecule has 4 rings (SSSR count). The topological polar surface area (TPSA) is 0 Å². The van der Waals surface area contributed by atoms with Gasteiger partial charge in [-0.1, -0.05) is 70.5 Å². The van der Waals surface area contributed by atoms with Crippen molar-refractivity contribution in [3.05, 3.63) is 82.6 Å². The van der Waals surface area contributed by atoms with Crippen molar-refractivity contribution in [2.45, 2.75) is 6.92 Å². The van der Waals surface area contributed by atoms with E-state index in [0.717, 1.165) is 31.8 Å². The second-order valence-corrected chi connectivity index (χ2v) is 6.69. The van der Waals surface area contributed by atoms with Gasteiger partial charge in [-0.3, -0.25) is 0 Å². The average molecular weight is 365 g/mol. The Bertz CT molecular complexity index is 1050. The number of hydrogen-bond donors (Lipinski definition) is 0. The molecule has 0 atom stereocenters. The van der Waals surface area contributed by atoms with Gasteiger partial charge < -0.3 is 0 Å². The molecule has 0 aromatic heterocycles. The van der Waals surface area contributed by atoms with Crippen LogP contribution in [0.4, 0.5) is 4.39 Å². The van der Waals surface area contributed by atoms with Crippen molar-refractivity contribution in [3.63, 3.8) is 0 Å². The normalized spacial score (nSPS) is 11.3. The number of rotatable bonds is 1. The molecular weight excluding hydrogens is 351 g/mol. The number of fused-ring (bicyclic) bond motifs is 2. The summed E-state index contributed by atoms with van der Waals surface area (Å²) in [6, 6.07) is 21.9. The lowest BCUT2D eigenvalue weighted by atomic mass is 9.92. The van der Waals surface area contributed by atoms with Crippen LogP contribution in [0.15, 0.2) is 71.2 Å². The third-order valence-electron chi connectivity index (χ3n) is 4.32.